The van der Waals surface area contributed by atoms with Crippen LogP contribution in [-0.4, -0.2) is 25.3 Å². The number of nitriles is 1. The van der Waals surface area contributed by atoms with Gasteiger partial charge >= 0.3 is 6.18 Å². The maximum atomic E-state index is 13.2. The molecule has 1 N–H and O–H groups in total. The van der Waals surface area contributed by atoms with Crippen molar-refractivity contribution in [2.24, 2.45) is 0 Å². The summed E-state index contributed by atoms with van der Waals surface area (Å²) in [5.41, 5.74) is 4.14. The highest BCUT2D eigenvalue weighted by Gasteiger charge is 2.43. The van der Waals surface area contributed by atoms with E-state index in [2.05, 4.69) is 11.4 Å². The topological polar surface area (TPSA) is 71.3 Å². The lowest BCUT2D eigenvalue weighted by molar-refractivity contribution is -0.136. The number of fused-ring (bicyclic) bond motifs is 3. The van der Waals surface area contributed by atoms with Crippen molar-refractivity contribution in [1.29, 1.82) is 5.26 Å². The van der Waals surface area contributed by atoms with Crippen LogP contribution in [0.4, 0.5) is 13.2 Å². The highest BCUT2D eigenvalue weighted by atomic mass is 19.4. The second-order valence-electron chi connectivity index (χ2n) is 9.69. The number of nitrogens with zero attached hydrogens (tertiary/aromatic N) is 1. The van der Waals surface area contributed by atoms with E-state index in [0.29, 0.717) is 18.8 Å². The Morgan fingerprint density at radius 1 is 1.11 bits per heavy atom. The molecule has 0 radical (unpaired) electrons. The van der Waals surface area contributed by atoms with Gasteiger partial charge in [-0.25, -0.2) is 0 Å². The van der Waals surface area contributed by atoms with Gasteiger partial charge in [-0.1, -0.05) is 12.1 Å². The van der Waals surface area contributed by atoms with E-state index in [9.17, 15) is 23.2 Å². The minimum absolute atomic E-state index is 0.0133. The number of amides is 1. The minimum Gasteiger partial charge on any atom is -0.494 e. The van der Waals surface area contributed by atoms with E-state index in [1.54, 1.807) is 6.07 Å². The predicted octanol–water partition coefficient (Wildman–Crippen LogP) is 5.76. The maximum Gasteiger partial charge on any atom is 0.389 e. The second kappa shape index (κ2) is 9.53. The Hall–Kier alpha value is -3.47. The first kappa shape index (κ1) is 24.2. The van der Waals surface area contributed by atoms with Crippen LogP contribution in [-0.2, 0) is 23.2 Å². The molecule has 2 aromatic rings. The fourth-order valence-corrected chi connectivity index (χ4v) is 5.59. The number of aryl methyl sites for hydroxylation is 2. The molecule has 1 amide bonds. The Labute approximate surface area is 207 Å². The SMILES string of the molecule is N#CC1=C(c2ccc3c(c2)CCCO3)C[C@]2(CCCc3cc(OCCCC(F)(F)F)ccc32)NC1=O. The molecule has 0 aromatic heterocycles. The van der Waals surface area contributed by atoms with Crippen LogP contribution in [0.3, 0.4) is 0 Å². The van der Waals surface area contributed by atoms with E-state index in [-0.39, 0.29) is 24.5 Å². The Kier molecular flexibility index (Phi) is 6.42. The fraction of sp³-hybridized carbons (Fsp3) is 0.429. The summed E-state index contributed by atoms with van der Waals surface area (Å²) in [5.74, 6) is 0.996. The van der Waals surface area contributed by atoms with Crippen LogP contribution in [0.5, 0.6) is 11.5 Å². The summed E-state index contributed by atoms with van der Waals surface area (Å²) in [6.45, 7) is 0.676. The molecule has 5 rings (SSSR count). The summed E-state index contributed by atoms with van der Waals surface area (Å²) in [6, 6.07) is 13.5. The normalized spacial score (nSPS) is 21.2. The molecule has 2 aromatic carbocycles. The Morgan fingerprint density at radius 2 is 1.94 bits per heavy atom. The number of hydrogen-bond acceptors (Lipinski definition) is 4. The van der Waals surface area contributed by atoms with Crippen molar-refractivity contribution in [1.82, 2.24) is 5.32 Å². The van der Waals surface area contributed by atoms with Gasteiger partial charge < -0.3 is 14.8 Å². The van der Waals surface area contributed by atoms with Gasteiger partial charge in [0.2, 0.25) is 0 Å². The quantitative estimate of drug-likeness (QED) is 0.534. The number of benzene rings is 2. The molecule has 5 nitrogen and oxygen atoms in total. The maximum absolute atomic E-state index is 13.2. The van der Waals surface area contributed by atoms with Crippen LogP contribution in [0.15, 0.2) is 42.0 Å². The van der Waals surface area contributed by atoms with Crippen LogP contribution >= 0.6 is 0 Å². The van der Waals surface area contributed by atoms with Gasteiger partial charge in [-0.2, -0.15) is 18.4 Å². The number of carbonyl (C=O) groups is 1. The molecule has 188 valence electrons. The van der Waals surface area contributed by atoms with Gasteiger partial charge in [0.05, 0.1) is 18.8 Å². The molecule has 1 atom stereocenters. The van der Waals surface area contributed by atoms with Crippen molar-refractivity contribution in [3.05, 3.63) is 64.2 Å². The number of carbonyl (C=O) groups excluding carboxylic acids is 1. The first-order valence-electron chi connectivity index (χ1n) is 12.3. The lowest BCUT2D eigenvalue weighted by Crippen LogP contribution is -2.51. The van der Waals surface area contributed by atoms with Gasteiger partial charge in [-0.05, 0) is 90.6 Å². The highest BCUT2D eigenvalue weighted by molar-refractivity contribution is 6.07. The second-order valence-corrected chi connectivity index (χ2v) is 9.69. The Bertz CT molecular complexity index is 1260. The number of ether oxygens (including phenoxy) is 2. The largest absolute Gasteiger partial charge is 0.494 e. The average molecular weight is 497 g/mol. The van der Waals surface area contributed by atoms with Crippen LogP contribution in [0.2, 0.25) is 0 Å². The molecular formula is C28H27F3N2O3. The van der Waals surface area contributed by atoms with E-state index in [4.69, 9.17) is 9.47 Å². The molecule has 2 aliphatic heterocycles. The van der Waals surface area contributed by atoms with E-state index in [0.717, 1.165) is 65.7 Å². The molecule has 8 heteroatoms. The van der Waals surface area contributed by atoms with Gasteiger partial charge in [0.25, 0.3) is 5.91 Å². The predicted molar refractivity (Wildman–Crippen MR) is 127 cm³/mol. The van der Waals surface area contributed by atoms with Crippen molar-refractivity contribution < 1.29 is 27.4 Å². The zero-order chi connectivity index (χ0) is 25.3. The first-order valence-corrected chi connectivity index (χ1v) is 12.3. The van der Waals surface area contributed by atoms with Gasteiger partial charge in [0, 0.05) is 12.8 Å². The number of halogens is 3. The molecule has 0 bridgehead atoms. The number of nitrogens with one attached hydrogen (secondary N) is 1. The smallest absolute Gasteiger partial charge is 0.389 e. The van der Waals surface area contributed by atoms with E-state index in [1.165, 1.54) is 0 Å². The van der Waals surface area contributed by atoms with Gasteiger partial charge in [0.15, 0.2) is 0 Å². The zero-order valence-corrected chi connectivity index (χ0v) is 19.8. The molecule has 0 saturated carbocycles. The minimum atomic E-state index is -4.19. The number of hydrogen-bond donors (Lipinski definition) is 1. The van der Waals surface area contributed by atoms with Gasteiger partial charge in [-0.3, -0.25) is 4.79 Å². The molecule has 2 heterocycles. The Balaban J connectivity index is 1.43. The molecule has 0 fully saturated rings. The molecule has 36 heavy (non-hydrogen) atoms. The summed E-state index contributed by atoms with van der Waals surface area (Å²) in [7, 11) is 0. The van der Waals surface area contributed by atoms with Crippen molar-refractivity contribution >= 4 is 11.5 Å². The van der Waals surface area contributed by atoms with Gasteiger partial charge in [-0.15, -0.1) is 0 Å². The van der Waals surface area contributed by atoms with Crippen LogP contribution in [0.25, 0.3) is 5.57 Å². The highest BCUT2D eigenvalue weighted by Crippen LogP contribution is 2.46. The third-order valence-electron chi connectivity index (χ3n) is 7.24. The van der Waals surface area contributed by atoms with Crippen molar-refractivity contribution in [3.8, 4) is 17.6 Å². The van der Waals surface area contributed by atoms with Gasteiger partial charge in [0.1, 0.15) is 23.1 Å². The zero-order valence-electron chi connectivity index (χ0n) is 19.8. The van der Waals surface area contributed by atoms with Crippen LogP contribution < -0.4 is 14.8 Å². The van der Waals surface area contributed by atoms with Crippen molar-refractivity contribution in [2.75, 3.05) is 13.2 Å². The third kappa shape index (κ3) is 4.79. The summed E-state index contributed by atoms with van der Waals surface area (Å²) >= 11 is 0. The van der Waals surface area contributed by atoms with Crippen molar-refractivity contribution in [3.63, 3.8) is 0 Å². The molecule has 1 aliphatic carbocycles. The summed E-state index contributed by atoms with van der Waals surface area (Å²) < 4.78 is 48.6. The van der Waals surface area contributed by atoms with E-state index in [1.807, 2.05) is 30.3 Å². The summed E-state index contributed by atoms with van der Waals surface area (Å²) in [5, 5.41) is 13.0. The molecule has 0 unspecified atom stereocenters. The number of alkyl halides is 3. The lowest BCUT2D eigenvalue weighted by atomic mass is 9.69. The lowest BCUT2D eigenvalue weighted by Gasteiger charge is -2.43. The standard InChI is InChI=1S/C28H27F3N2O3/c29-28(30,31)11-3-13-35-21-7-8-24-19(15-21)4-1-10-27(24)16-22(23(17-32)26(34)33-27)18-6-9-25-20(14-18)5-2-12-36-25/h6-9,14-15H,1-5,10-13,16H2,(H,33,34)/t27-/m0/s1. The van der Waals surface area contributed by atoms with Crippen molar-refractivity contribution in [2.45, 2.75) is 63.1 Å². The monoisotopic (exact) mass is 496 g/mol. The van der Waals surface area contributed by atoms with E-state index < -0.39 is 18.1 Å². The third-order valence-corrected chi connectivity index (χ3v) is 7.24. The van der Waals surface area contributed by atoms with Crippen LogP contribution in [0, 0.1) is 11.3 Å². The first-order chi connectivity index (χ1) is 17.3. The average Bonchev–Trinajstić information content (AvgIpc) is 2.85. The fourth-order valence-electron chi connectivity index (χ4n) is 5.59. The molecule has 1 spiro atoms. The summed E-state index contributed by atoms with van der Waals surface area (Å²) in [6.07, 6.45) is -0.513. The Morgan fingerprint density at radius 3 is 2.75 bits per heavy atom. The molecule has 0 saturated heterocycles. The number of rotatable bonds is 5. The van der Waals surface area contributed by atoms with E-state index >= 15 is 0 Å². The molecular weight excluding hydrogens is 469 g/mol. The summed E-state index contributed by atoms with van der Waals surface area (Å²) in [4.78, 5) is 13.2. The molecule has 3 aliphatic rings. The van der Waals surface area contributed by atoms with Crippen LogP contribution in [0.1, 0.15) is 60.8 Å².